The maximum Gasteiger partial charge on any atom is 0.139 e. The standard InChI is InChI=1S/C18H22N4S/c1-3-21-8-10-22(11-9-21)17-14-12-13(2)23-18(14)20-16-7-5-4-6-15(16)19-17/h4-7,12,20H,3,8-11H2,1-2H3. The lowest BCUT2D eigenvalue weighted by Gasteiger charge is -2.35. The van der Waals surface area contributed by atoms with Gasteiger partial charge in [0.2, 0.25) is 0 Å². The number of para-hydroxylation sites is 2. The van der Waals surface area contributed by atoms with E-state index in [2.05, 4.69) is 59.3 Å². The summed E-state index contributed by atoms with van der Waals surface area (Å²) >= 11 is 1.81. The van der Waals surface area contributed by atoms with Gasteiger partial charge in [0.15, 0.2) is 0 Å². The van der Waals surface area contributed by atoms with Crippen LogP contribution in [-0.2, 0) is 0 Å². The van der Waals surface area contributed by atoms with Crippen LogP contribution in [0.1, 0.15) is 17.4 Å². The van der Waals surface area contributed by atoms with Crippen molar-refractivity contribution in [3.63, 3.8) is 0 Å². The number of anilines is 2. The number of amidine groups is 1. The number of benzene rings is 1. The fraction of sp³-hybridized carbons (Fsp3) is 0.389. The molecule has 0 aliphatic carbocycles. The Bertz CT molecular complexity index is 741. The fourth-order valence-electron chi connectivity index (χ4n) is 3.26. The van der Waals surface area contributed by atoms with Gasteiger partial charge in [0.25, 0.3) is 0 Å². The van der Waals surface area contributed by atoms with Crippen molar-refractivity contribution in [2.75, 3.05) is 38.0 Å². The van der Waals surface area contributed by atoms with Gasteiger partial charge in [0.05, 0.1) is 16.9 Å². The fourth-order valence-corrected chi connectivity index (χ4v) is 4.18. The van der Waals surface area contributed by atoms with Crippen LogP contribution >= 0.6 is 11.3 Å². The maximum absolute atomic E-state index is 5.04. The molecule has 2 aliphatic heterocycles. The van der Waals surface area contributed by atoms with E-state index in [-0.39, 0.29) is 0 Å². The van der Waals surface area contributed by atoms with Gasteiger partial charge in [-0.05, 0) is 31.7 Å². The minimum absolute atomic E-state index is 1.03. The van der Waals surface area contributed by atoms with Crippen molar-refractivity contribution in [3.8, 4) is 0 Å². The van der Waals surface area contributed by atoms with E-state index in [1.54, 1.807) is 0 Å². The molecule has 1 aromatic heterocycles. The summed E-state index contributed by atoms with van der Waals surface area (Å²) in [5.74, 6) is 1.12. The first-order chi connectivity index (χ1) is 11.2. The van der Waals surface area contributed by atoms with Crippen LogP contribution in [0.4, 0.5) is 16.4 Å². The number of rotatable bonds is 1. The highest BCUT2D eigenvalue weighted by molar-refractivity contribution is 7.16. The predicted molar refractivity (Wildman–Crippen MR) is 98.7 cm³/mol. The summed E-state index contributed by atoms with van der Waals surface area (Å²) in [5, 5.41) is 4.79. The molecule has 0 atom stereocenters. The summed E-state index contributed by atoms with van der Waals surface area (Å²) in [5.41, 5.74) is 3.37. The number of aliphatic imine (C=N–C) groups is 1. The van der Waals surface area contributed by atoms with Crippen LogP contribution in [-0.4, -0.2) is 48.4 Å². The van der Waals surface area contributed by atoms with E-state index in [4.69, 9.17) is 4.99 Å². The number of aryl methyl sites for hydroxylation is 1. The molecule has 0 bridgehead atoms. The third kappa shape index (κ3) is 2.75. The summed E-state index contributed by atoms with van der Waals surface area (Å²) in [7, 11) is 0. The molecular weight excluding hydrogens is 304 g/mol. The molecule has 1 fully saturated rings. The van der Waals surface area contributed by atoms with Crippen molar-refractivity contribution in [2.45, 2.75) is 13.8 Å². The zero-order valence-corrected chi connectivity index (χ0v) is 14.5. The van der Waals surface area contributed by atoms with E-state index in [9.17, 15) is 0 Å². The first-order valence-electron chi connectivity index (χ1n) is 8.27. The average molecular weight is 326 g/mol. The number of nitrogens with zero attached hydrogens (tertiary/aromatic N) is 3. The normalized spacial score (nSPS) is 17.8. The quantitative estimate of drug-likeness (QED) is 0.864. The Morgan fingerprint density at radius 2 is 1.96 bits per heavy atom. The van der Waals surface area contributed by atoms with Gasteiger partial charge in [-0.25, -0.2) is 4.99 Å². The largest absolute Gasteiger partial charge is 0.353 e. The summed E-state index contributed by atoms with van der Waals surface area (Å²) in [4.78, 5) is 11.3. The molecular formula is C18H22N4S. The van der Waals surface area contributed by atoms with Gasteiger partial charge in [0, 0.05) is 31.1 Å². The van der Waals surface area contributed by atoms with Crippen LogP contribution in [0.25, 0.3) is 0 Å². The van der Waals surface area contributed by atoms with Crippen LogP contribution in [0.3, 0.4) is 0 Å². The van der Waals surface area contributed by atoms with Crippen molar-refractivity contribution in [2.24, 2.45) is 4.99 Å². The van der Waals surface area contributed by atoms with Gasteiger partial charge in [-0.3, -0.25) is 0 Å². The van der Waals surface area contributed by atoms with Gasteiger partial charge in [0.1, 0.15) is 10.8 Å². The monoisotopic (exact) mass is 326 g/mol. The van der Waals surface area contributed by atoms with Gasteiger partial charge in [-0.15, -0.1) is 11.3 Å². The highest BCUT2D eigenvalue weighted by atomic mass is 32.1. The van der Waals surface area contributed by atoms with E-state index in [0.29, 0.717) is 0 Å². The second kappa shape index (κ2) is 5.98. The zero-order valence-electron chi connectivity index (χ0n) is 13.7. The van der Waals surface area contributed by atoms with E-state index in [1.807, 2.05) is 11.3 Å². The average Bonchev–Trinajstić information content (AvgIpc) is 2.87. The summed E-state index contributed by atoms with van der Waals surface area (Å²) in [6, 6.07) is 10.6. The molecule has 23 heavy (non-hydrogen) atoms. The summed E-state index contributed by atoms with van der Waals surface area (Å²) in [6.45, 7) is 9.85. The highest BCUT2D eigenvalue weighted by Crippen LogP contribution is 2.39. The Balaban J connectivity index is 1.75. The molecule has 1 aromatic carbocycles. The molecule has 120 valence electrons. The van der Waals surface area contributed by atoms with Gasteiger partial charge < -0.3 is 15.1 Å². The lowest BCUT2D eigenvalue weighted by molar-refractivity contribution is 0.190. The number of piperazine rings is 1. The first-order valence-corrected chi connectivity index (χ1v) is 9.09. The molecule has 0 radical (unpaired) electrons. The second-order valence-corrected chi connectivity index (χ2v) is 7.36. The molecule has 2 aliphatic rings. The Morgan fingerprint density at radius 3 is 2.74 bits per heavy atom. The van der Waals surface area contributed by atoms with Crippen molar-refractivity contribution < 1.29 is 0 Å². The minimum atomic E-state index is 1.03. The number of hydrogen-bond acceptors (Lipinski definition) is 5. The number of fused-ring (bicyclic) bond motifs is 2. The van der Waals surface area contributed by atoms with E-state index >= 15 is 0 Å². The van der Waals surface area contributed by atoms with Gasteiger partial charge in [-0.2, -0.15) is 0 Å². The molecule has 0 spiro atoms. The van der Waals surface area contributed by atoms with Crippen molar-refractivity contribution >= 4 is 33.5 Å². The third-order valence-electron chi connectivity index (χ3n) is 4.59. The topological polar surface area (TPSA) is 30.9 Å². The molecule has 3 heterocycles. The zero-order chi connectivity index (χ0) is 15.8. The molecule has 2 aromatic rings. The smallest absolute Gasteiger partial charge is 0.139 e. The SMILES string of the molecule is CCN1CCN(C2=Nc3ccccc3Nc3sc(C)cc32)CC1. The first kappa shape index (κ1) is 14.7. The van der Waals surface area contributed by atoms with Crippen LogP contribution in [0.2, 0.25) is 0 Å². The van der Waals surface area contributed by atoms with E-state index in [0.717, 1.165) is 49.9 Å². The van der Waals surface area contributed by atoms with E-state index in [1.165, 1.54) is 15.4 Å². The molecule has 0 amide bonds. The molecule has 1 saturated heterocycles. The number of hydrogen-bond donors (Lipinski definition) is 1. The Morgan fingerprint density at radius 1 is 1.17 bits per heavy atom. The molecule has 5 heteroatoms. The lowest BCUT2D eigenvalue weighted by Crippen LogP contribution is -2.48. The number of nitrogens with one attached hydrogen (secondary N) is 1. The van der Waals surface area contributed by atoms with Crippen LogP contribution < -0.4 is 5.32 Å². The Labute approximate surface area is 141 Å². The van der Waals surface area contributed by atoms with Crippen LogP contribution in [0, 0.1) is 6.92 Å². The predicted octanol–water partition coefficient (Wildman–Crippen LogP) is 3.83. The highest BCUT2D eigenvalue weighted by Gasteiger charge is 2.25. The van der Waals surface area contributed by atoms with Gasteiger partial charge in [-0.1, -0.05) is 19.1 Å². The molecule has 1 N–H and O–H groups in total. The third-order valence-corrected chi connectivity index (χ3v) is 5.56. The molecule has 4 rings (SSSR count). The molecule has 4 nitrogen and oxygen atoms in total. The minimum Gasteiger partial charge on any atom is -0.353 e. The van der Waals surface area contributed by atoms with Crippen LogP contribution in [0.15, 0.2) is 35.3 Å². The Kier molecular flexibility index (Phi) is 3.83. The maximum atomic E-state index is 5.04. The lowest BCUT2D eigenvalue weighted by atomic mass is 10.2. The number of likely N-dealkylation sites (N-methyl/N-ethyl adjacent to an activating group) is 1. The van der Waals surface area contributed by atoms with Crippen molar-refractivity contribution in [3.05, 3.63) is 40.8 Å². The second-order valence-electron chi connectivity index (χ2n) is 6.10. The van der Waals surface area contributed by atoms with E-state index < -0.39 is 0 Å². The van der Waals surface area contributed by atoms with Crippen LogP contribution in [0.5, 0.6) is 0 Å². The van der Waals surface area contributed by atoms with Crippen molar-refractivity contribution in [1.29, 1.82) is 0 Å². The van der Waals surface area contributed by atoms with Crippen molar-refractivity contribution in [1.82, 2.24) is 9.80 Å². The summed E-state index contributed by atoms with van der Waals surface area (Å²) < 4.78 is 0. The van der Waals surface area contributed by atoms with Gasteiger partial charge >= 0.3 is 0 Å². The number of thiophene rings is 1. The summed E-state index contributed by atoms with van der Waals surface area (Å²) in [6.07, 6.45) is 0. The molecule has 0 saturated carbocycles. The molecule has 0 unspecified atom stereocenters. The Hall–Kier alpha value is -1.85.